The van der Waals surface area contributed by atoms with Crippen LogP contribution in [0, 0.1) is 0 Å². The number of benzene rings is 3. The van der Waals surface area contributed by atoms with Gasteiger partial charge < -0.3 is 14.8 Å². The lowest BCUT2D eigenvalue weighted by atomic mass is 10.1. The van der Waals surface area contributed by atoms with Crippen molar-refractivity contribution in [3.05, 3.63) is 90.0 Å². The quantitative estimate of drug-likeness (QED) is 0.405. The molecule has 0 fully saturated rings. The van der Waals surface area contributed by atoms with Crippen LogP contribution >= 0.6 is 0 Å². The molecule has 0 bridgehead atoms. The van der Waals surface area contributed by atoms with Gasteiger partial charge in [-0.1, -0.05) is 30.3 Å². The van der Waals surface area contributed by atoms with Gasteiger partial charge in [-0.05, 0) is 67.4 Å². The van der Waals surface area contributed by atoms with E-state index in [0.717, 1.165) is 5.56 Å². The van der Waals surface area contributed by atoms with E-state index in [0.29, 0.717) is 30.0 Å². The largest absolute Gasteiger partial charge is 0.484 e. The molecule has 0 aromatic heterocycles. The predicted octanol–water partition coefficient (Wildman–Crippen LogP) is 3.40. The molecule has 2 N–H and O–H groups in total. The molecule has 0 aliphatic heterocycles. The summed E-state index contributed by atoms with van der Waals surface area (Å²) in [5, 5.41) is 2.70. The molecule has 0 aliphatic rings. The highest BCUT2D eigenvalue weighted by Crippen LogP contribution is 2.14. The summed E-state index contributed by atoms with van der Waals surface area (Å²) in [7, 11) is -3.53. The van der Waals surface area contributed by atoms with Crippen LogP contribution in [0.2, 0.25) is 0 Å². The molecule has 3 rings (SSSR count). The average molecular weight is 483 g/mol. The second-order valence-corrected chi connectivity index (χ2v) is 9.01. The van der Waals surface area contributed by atoms with Crippen molar-refractivity contribution in [1.29, 1.82) is 0 Å². The molecule has 34 heavy (non-hydrogen) atoms. The minimum absolute atomic E-state index is 0.185. The van der Waals surface area contributed by atoms with Crippen LogP contribution in [0.1, 0.15) is 22.8 Å². The molecule has 0 aliphatic carbocycles. The number of rotatable bonds is 11. The van der Waals surface area contributed by atoms with E-state index in [1.807, 2.05) is 12.1 Å². The van der Waals surface area contributed by atoms with Crippen molar-refractivity contribution >= 4 is 27.6 Å². The van der Waals surface area contributed by atoms with E-state index < -0.39 is 16.0 Å². The van der Waals surface area contributed by atoms with E-state index >= 15 is 0 Å². The van der Waals surface area contributed by atoms with E-state index in [1.165, 1.54) is 0 Å². The Hall–Kier alpha value is -3.69. The zero-order valence-electron chi connectivity index (χ0n) is 18.7. The van der Waals surface area contributed by atoms with Crippen molar-refractivity contribution in [2.75, 3.05) is 25.1 Å². The molecular formula is C25H26N2O6S. The number of esters is 1. The van der Waals surface area contributed by atoms with Crippen LogP contribution in [0.5, 0.6) is 5.75 Å². The van der Waals surface area contributed by atoms with Gasteiger partial charge in [0, 0.05) is 12.2 Å². The zero-order chi connectivity index (χ0) is 24.4. The summed E-state index contributed by atoms with van der Waals surface area (Å²) in [5.41, 5.74) is 1.87. The number of amides is 1. The Morgan fingerprint density at radius 1 is 0.882 bits per heavy atom. The lowest BCUT2D eigenvalue weighted by Crippen LogP contribution is -2.25. The van der Waals surface area contributed by atoms with Gasteiger partial charge in [0.25, 0.3) is 5.91 Å². The molecule has 8 nitrogen and oxygen atoms in total. The van der Waals surface area contributed by atoms with E-state index in [9.17, 15) is 18.0 Å². The molecule has 0 radical (unpaired) electrons. The second-order valence-electron chi connectivity index (χ2n) is 7.24. The van der Waals surface area contributed by atoms with Gasteiger partial charge in [-0.15, -0.1) is 0 Å². The molecule has 0 unspecified atom stereocenters. The molecule has 0 atom stereocenters. The number of sulfonamides is 1. The summed E-state index contributed by atoms with van der Waals surface area (Å²) >= 11 is 0. The molecule has 0 spiro atoms. The molecule has 0 heterocycles. The van der Waals surface area contributed by atoms with Crippen molar-refractivity contribution < 1.29 is 27.5 Å². The summed E-state index contributed by atoms with van der Waals surface area (Å²) in [6.45, 7) is 2.10. The summed E-state index contributed by atoms with van der Waals surface area (Å²) in [5.74, 6) is -0.245. The van der Waals surface area contributed by atoms with E-state index in [1.54, 1.807) is 73.7 Å². The summed E-state index contributed by atoms with van der Waals surface area (Å²) < 4.78 is 37.5. The van der Waals surface area contributed by atoms with Crippen LogP contribution in [-0.4, -0.2) is 40.1 Å². The highest BCUT2D eigenvalue weighted by Gasteiger charge is 2.12. The lowest BCUT2D eigenvalue weighted by Gasteiger charge is -2.09. The van der Waals surface area contributed by atoms with E-state index in [4.69, 9.17) is 9.47 Å². The molecule has 9 heteroatoms. The standard InChI is InChI=1S/C25H26N2O6S/c1-2-32-25(29)20-10-12-21(13-11-20)27-24(28)18-33-22-14-8-19(9-15-22)16-17-26-34(30,31)23-6-4-3-5-7-23/h3-15,26H,2,16-18H2,1H3,(H,27,28). The molecule has 0 saturated carbocycles. The number of carbonyl (C=O) groups excluding carboxylic acids is 2. The van der Waals surface area contributed by atoms with E-state index in [-0.39, 0.29) is 24.0 Å². The topological polar surface area (TPSA) is 111 Å². The number of nitrogens with one attached hydrogen (secondary N) is 2. The van der Waals surface area contributed by atoms with Crippen LogP contribution in [0.15, 0.2) is 83.8 Å². The van der Waals surface area contributed by atoms with Gasteiger partial charge in [0.05, 0.1) is 17.1 Å². The molecular weight excluding hydrogens is 456 g/mol. The van der Waals surface area contributed by atoms with Crippen LogP contribution < -0.4 is 14.8 Å². The first kappa shape index (κ1) is 24.9. The minimum Gasteiger partial charge on any atom is -0.484 e. The fourth-order valence-corrected chi connectivity index (χ4v) is 4.07. The minimum atomic E-state index is -3.53. The average Bonchev–Trinajstić information content (AvgIpc) is 2.84. The summed E-state index contributed by atoms with van der Waals surface area (Å²) in [6, 6.07) is 21.7. The predicted molar refractivity (Wildman–Crippen MR) is 128 cm³/mol. The lowest BCUT2D eigenvalue weighted by molar-refractivity contribution is -0.118. The fourth-order valence-electron chi connectivity index (χ4n) is 3.02. The van der Waals surface area contributed by atoms with Crippen LogP contribution in [-0.2, 0) is 26.0 Å². The summed E-state index contributed by atoms with van der Waals surface area (Å²) in [4.78, 5) is 24.0. The fraction of sp³-hybridized carbons (Fsp3) is 0.200. The third-order valence-electron chi connectivity index (χ3n) is 4.73. The van der Waals surface area contributed by atoms with Crippen molar-refractivity contribution in [1.82, 2.24) is 4.72 Å². The van der Waals surface area contributed by atoms with Crippen LogP contribution in [0.4, 0.5) is 5.69 Å². The zero-order valence-corrected chi connectivity index (χ0v) is 19.5. The molecule has 3 aromatic carbocycles. The Labute approximate surface area is 199 Å². The van der Waals surface area contributed by atoms with Gasteiger partial charge in [-0.2, -0.15) is 0 Å². The maximum atomic E-state index is 12.2. The highest BCUT2D eigenvalue weighted by molar-refractivity contribution is 7.89. The van der Waals surface area contributed by atoms with Gasteiger partial charge in [0.2, 0.25) is 10.0 Å². The Morgan fingerprint density at radius 3 is 2.21 bits per heavy atom. The Balaban J connectivity index is 1.42. The Bertz CT molecular complexity index is 1190. The van der Waals surface area contributed by atoms with Gasteiger partial charge in [-0.25, -0.2) is 17.9 Å². The first-order valence-electron chi connectivity index (χ1n) is 10.7. The van der Waals surface area contributed by atoms with Gasteiger partial charge in [0.15, 0.2) is 6.61 Å². The van der Waals surface area contributed by atoms with Crippen molar-refractivity contribution in [3.8, 4) is 5.75 Å². The molecule has 3 aromatic rings. The smallest absolute Gasteiger partial charge is 0.338 e. The van der Waals surface area contributed by atoms with Gasteiger partial charge in [0.1, 0.15) is 5.75 Å². The molecule has 0 saturated heterocycles. The second kappa shape index (κ2) is 12.0. The SMILES string of the molecule is CCOC(=O)c1ccc(NC(=O)COc2ccc(CCNS(=O)(=O)c3ccccc3)cc2)cc1. The number of anilines is 1. The van der Waals surface area contributed by atoms with Crippen molar-refractivity contribution in [2.24, 2.45) is 0 Å². The van der Waals surface area contributed by atoms with Crippen LogP contribution in [0.25, 0.3) is 0 Å². The molecule has 178 valence electrons. The Morgan fingerprint density at radius 2 is 1.56 bits per heavy atom. The van der Waals surface area contributed by atoms with Crippen molar-refractivity contribution in [3.63, 3.8) is 0 Å². The number of ether oxygens (including phenoxy) is 2. The normalized spacial score (nSPS) is 11.0. The van der Waals surface area contributed by atoms with Crippen molar-refractivity contribution in [2.45, 2.75) is 18.2 Å². The van der Waals surface area contributed by atoms with Crippen LogP contribution in [0.3, 0.4) is 0 Å². The van der Waals surface area contributed by atoms with Gasteiger partial charge in [-0.3, -0.25) is 4.79 Å². The summed E-state index contributed by atoms with van der Waals surface area (Å²) in [6.07, 6.45) is 0.509. The molecule has 1 amide bonds. The maximum absolute atomic E-state index is 12.2. The highest BCUT2D eigenvalue weighted by atomic mass is 32.2. The van der Waals surface area contributed by atoms with Gasteiger partial charge >= 0.3 is 5.97 Å². The number of hydrogen-bond donors (Lipinski definition) is 2. The number of carbonyl (C=O) groups is 2. The third-order valence-corrected chi connectivity index (χ3v) is 6.21. The first-order chi connectivity index (χ1) is 16.4. The Kier molecular flexibility index (Phi) is 8.78. The first-order valence-corrected chi connectivity index (χ1v) is 12.2. The maximum Gasteiger partial charge on any atom is 0.338 e. The third kappa shape index (κ3) is 7.43. The monoisotopic (exact) mass is 482 g/mol. The number of hydrogen-bond acceptors (Lipinski definition) is 6. The van der Waals surface area contributed by atoms with E-state index in [2.05, 4.69) is 10.0 Å².